The highest BCUT2D eigenvalue weighted by Gasteiger charge is 2.17. The topological polar surface area (TPSA) is 42.3 Å². The summed E-state index contributed by atoms with van der Waals surface area (Å²) in [5, 5.41) is 8.18. The summed E-state index contributed by atoms with van der Waals surface area (Å²) in [6.07, 6.45) is 1.02. The molecule has 0 radical (unpaired) electrons. The van der Waals surface area contributed by atoms with Gasteiger partial charge in [0.2, 0.25) is 0 Å². The van der Waals surface area contributed by atoms with Crippen LogP contribution in [0.5, 0.6) is 5.75 Å². The standard InChI is InChI=1S/C18H26N4O/c1-12(14-6-7-17-15(10-14)8-9-23-17)19-11-16-13(2)20-22(5)18(16)21(3)4/h6-7,10,12,19H,8-9,11H2,1-5H3/t12-/m1/s1. The number of fused-ring (bicyclic) bond motifs is 1. The number of hydrogen-bond donors (Lipinski definition) is 1. The molecule has 1 aliphatic rings. The molecule has 0 spiro atoms. The Morgan fingerprint density at radius 1 is 1.39 bits per heavy atom. The molecule has 0 amide bonds. The molecule has 0 saturated carbocycles. The Hall–Kier alpha value is -2.01. The molecule has 3 rings (SSSR count). The van der Waals surface area contributed by atoms with E-state index in [1.165, 1.54) is 16.7 Å². The van der Waals surface area contributed by atoms with Crippen molar-refractivity contribution in [1.29, 1.82) is 0 Å². The summed E-state index contributed by atoms with van der Waals surface area (Å²) < 4.78 is 7.53. The molecule has 1 aromatic heterocycles. The van der Waals surface area contributed by atoms with Crippen molar-refractivity contribution < 1.29 is 4.74 Å². The summed E-state index contributed by atoms with van der Waals surface area (Å²) in [5.74, 6) is 2.20. The lowest BCUT2D eigenvalue weighted by molar-refractivity contribution is 0.356. The molecule has 5 nitrogen and oxygen atoms in total. The number of rotatable bonds is 5. The van der Waals surface area contributed by atoms with Crippen LogP contribution in [0.4, 0.5) is 5.82 Å². The van der Waals surface area contributed by atoms with Crippen LogP contribution in [-0.4, -0.2) is 30.5 Å². The fourth-order valence-corrected chi connectivity index (χ4v) is 3.31. The van der Waals surface area contributed by atoms with Crippen molar-refractivity contribution in [2.45, 2.75) is 32.9 Å². The van der Waals surface area contributed by atoms with E-state index in [0.717, 1.165) is 36.8 Å². The Morgan fingerprint density at radius 3 is 2.91 bits per heavy atom. The number of aromatic nitrogens is 2. The van der Waals surface area contributed by atoms with Crippen LogP contribution in [0.3, 0.4) is 0 Å². The minimum atomic E-state index is 0.288. The largest absolute Gasteiger partial charge is 0.493 e. The van der Waals surface area contributed by atoms with Gasteiger partial charge >= 0.3 is 0 Å². The number of nitrogens with zero attached hydrogens (tertiary/aromatic N) is 3. The van der Waals surface area contributed by atoms with Gasteiger partial charge in [0.15, 0.2) is 0 Å². The maximum absolute atomic E-state index is 5.59. The second-order valence-corrected chi connectivity index (χ2v) is 6.47. The summed E-state index contributed by atoms with van der Waals surface area (Å²) in [6.45, 7) is 5.89. The molecule has 5 heteroatoms. The molecule has 23 heavy (non-hydrogen) atoms. The number of hydrogen-bond acceptors (Lipinski definition) is 4. The summed E-state index contributed by atoms with van der Waals surface area (Å²) in [6, 6.07) is 6.81. The second kappa shape index (κ2) is 6.24. The average Bonchev–Trinajstić information content (AvgIpc) is 3.07. The first-order valence-electron chi connectivity index (χ1n) is 8.16. The first-order valence-corrected chi connectivity index (χ1v) is 8.16. The van der Waals surface area contributed by atoms with Gasteiger partial charge in [0.1, 0.15) is 11.6 Å². The first-order chi connectivity index (χ1) is 11.0. The van der Waals surface area contributed by atoms with Crippen LogP contribution in [0.15, 0.2) is 18.2 Å². The second-order valence-electron chi connectivity index (χ2n) is 6.47. The van der Waals surface area contributed by atoms with E-state index in [9.17, 15) is 0 Å². The zero-order valence-electron chi connectivity index (χ0n) is 14.7. The monoisotopic (exact) mass is 314 g/mol. The number of benzene rings is 1. The van der Waals surface area contributed by atoms with E-state index < -0.39 is 0 Å². The van der Waals surface area contributed by atoms with Crippen LogP contribution in [0.1, 0.15) is 35.3 Å². The van der Waals surface area contributed by atoms with E-state index in [2.05, 4.69) is 61.5 Å². The third-order valence-corrected chi connectivity index (χ3v) is 4.54. The van der Waals surface area contributed by atoms with Gasteiger partial charge in [0, 0.05) is 45.7 Å². The highest BCUT2D eigenvalue weighted by Crippen LogP contribution is 2.28. The number of ether oxygens (including phenoxy) is 1. The lowest BCUT2D eigenvalue weighted by Gasteiger charge is -2.18. The number of anilines is 1. The van der Waals surface area contributed by atoms with E-state index in [4.69, 9.17) is 4.74 Å². The minimum Gasteiger partial charge on any atom is -0.493 e. The molecular formula is C18H26N4O. The van der Waals surface area contributed by atoms with E-state index in [1.54, 1.807) is 0 Å². The van der Waals surface area contributed by atoms with Crippen molar-refractivity contribution in [1.82, 2.24) is 15.1 Å². The minimum absolute atomic E-state index is 0.288. The summed E-state index contributed by atoms with van der Waals surface area (Å²) in [4.78, 5) is 2.12. The van der Waals surface area contributed by atoms with Crippen molar-refractivity contribution in [3.8, 4) is 5.75 Å². The van der Waals surface area contributed by atoms with Gasteiger partial charge in [-0.05, 0) is 31.0 Å². The predicted octanol–water partition coefficient (Wildman–Crippen LogP) is 2.58. The van der Waals surface area contributed by atoms with Crippen molar-refractivity contribution >= 4 is 5.82 Å². The maximum atomic E-state index is 5.59. The molecule has 1 atom stereocenters. The predicted molar refractivity (Wildman–Crippen MR) is 93.2 cm³/mol. The Morgan fingerprint density at radius 2 is 2.17 bits per heavy atom. The third kappa shape index (κ3) is 3.06. The molecule has 2 aromatic rings. The van der Waals surface area contributed by atoms with Gasteiger partial charge in [-0.3, -0.25) is 4.68 Å². The summed E-state index contributed by atoms with van der Waals surface area (Å²) in [7, 11) is 6.11. The molecule has 1 N–H and O–H groups in total. The van der Waals surface area contributed by atoms with Crippen LogP contribution in [0, 0.1) is 6.92 Å². The van der Waals surface area contributed by atoms with Gasteiger partial charge in [-0.2, -0.15) is 5.10 Å². The van der Waals surface area contributed by atoms with E-state index in [-0.39, 0.29) is 6.04 Å². The summed E-state index contributed by atoms with van der Waals surface area (Å²) in [5.41, 5.74) is 4.97. The van der Waals surface area contributed by atoms with Crippen molar-refractivity contribution in [2.75, 3.05) is 25.6 Å². The van der Waals surface area contributed by atoms with Gasteiger partial charge in [0.25, 0.3) is 0 Å². The lowest BCUT2D eigenvalue weighted by Crippen LogP contribution is -2.21. The van der Waals surface area contributed by atoms with Gasteiger partial charge < -0.3 is 15.0 Å². The fourth-order valence-electron chi connectivity index (χ4n) is 3.31. The van der Waals surface area contributed by atoms with Gasteiger partial charge in [-0.1, -0.05) is 12.1 Å². The Kier molecular flexibility index (Phi) is 4.31. The van der Waals surface area contributed by atoms with Crippen LogP contribution >= 0.6 is 0 Å². The molecule has 124 valence electrons. The first kappa shape index (κ1) is 15.9. The van der Waals surface area contributed by atoms with E-state index in [1.807, 2.05) is 11.7 Å². The normalized spacial score (nSPS) is 14.5. The Bertz CT molecular complexity index is 705. The van der Waals surface area contributed by atoms with E-state index in [0.29, 0.717) is 0 Å². The highest BCUT2D eigenvalue weighted by atomic mass is 16.5. The maximum Gasteiger partial charge on any atom is 0.130 e. The van der Waals surface area contributed by atoms with Crippen molar-refractivity contribution in [3.05, 3.63) is 40.6 Å². The smallest absolute Gasteiger partial charge is 0.130 e. The number of aryl methyl sites for hydroxylation is 2. The van der Waals surface area contributed by atoms with Crippen LogP contribution in [0.2, 0.25) is 0 Å². The van der Waals surface area contributed by atoms with Crippen molar-refractivity contribution in [2.24, 2.45) is 7.05 Å². The van der Waals surface area contributed by atoms with Gasteiger partial charge in [-0.15, -0.1) is 0 Å². The zero-order valence-corrected chi connectivity index (χ0v) is 14.7. The molecule has 0 saturated heterocycles. The van der Waals surface area contributed by atoms with Gasteiger partial charge in [-0.25, -0.2) is 0 Å². The lowest BCUT2D eigenvalue weighted by atomic mass is 10.0. The number of nitrogens with one attached hydrogen (secondary N) is 1. The third-order valence-electron chi connectivity index (χ3n) is 4.54. The molecule has 2 heterocycles. The quantitative estimate of drug-likeness (QED) is 0.921. The van der Waals surface area contributed by atoms with Gasteiger partial charge in [0.05, 0.1) is 12.3 Å². The molecular weight excluding hydrogens is 288 g/mol. The van der Waals surface area contributed by atoms with Crippen LogP contribution in [0.25, 0.3) is 0 Å². The van der Waals surface area contributed by atoms with Crippen molar-refractivity contribution in [3.63, 3.8) is 0 Å². The average molecular weight is 314 g/mol. The van der Waals surface area contributed by atoms with Crippen LogP contribution < -0.4 is 15.0 Å². The van der Waals surface area contributed by atoms with Crippen LogP contribution in [-0.2, 0) is 20.0 Å². The Balaban J connectivity index is 1.73. The molecule has 0 fully saturated rings. The summed E-state index contributed by atoms with van der Waals surface area (Å²) >= 11 is 0. The molecule has 0 aliphatic carbocycles. The molecule has 0 unspecified atom stereocenters. The Labute approximate surface area is 138 Å². The highest BCUT2D eigenvalue weighted by molar-refractivity contribution is 5.49. The molecule has 1 aromatic carbocycles. The van der Waals surface area contributed by atoms with E-state index >= 15 is 0 Å². The fraction of sp³-hybridized carbons (Fsp3) is 0.500. The SMILES string of the molecule is Cc1nn(C)c(N(C)C)c1CN[C@H](C)c1ccc2c(c1)CCO2. The molecule has 1 aliphatic heterocycles. The zero-order chi connectivity index (χ0) is 16.6. The molecule has 0 bridgehead atoms.